The SMILES string of the molecule is COC(=O)C(C)NP(=O)(OCC1C/C1=C/n1cnc2c(NC3CC3)nc(N)nc21)Oc1ccccc1. The van der Waals surface area contributed by atoms with E-state index in [0.717, 1.165) is 24.8 Å². The van der Waals surface area contributed by atoms with Crippen molar-refractivity contribution >= 4 is 42.8 Å². The fourth-order valence-electron chi connectivity index (χ4n) is 3.64. The number of nitrogen functional groups attached to an aromatic ring is 1. The van der Waals surface area contributed by atoms with Crippen molar-refractivity contribution in [1.29, 1.82) is 0 Å². The summed E-state index contributed by atoms with van der Waals surface area (Å²) in [6.07, 6.45) is 6.53. The van der Waals surface area contributed by atoms with Crippen molar-refractivity contribution in [1.82, 2.24) is 24.6 Å². The number of imidazole rings is 1. The van der Waals surface area contributed by atoms with Gasteiger partial charge in [0.05, 0.1) is 13.7 Å². The van der Waals surface area contributed by atoms with Crippen LogP contribution in [0.25, 0.3) is 17.4 Å². The molecule has 2 saturated carbocycles. The maximum absolute atomic E-state index is 13.5. The second kappa shape index (κ2) is 9.88. The highest BCUT2D eigenvalue weighted by molar-refractivity contribution is 7.52. The molecule has 2 fully saturated rings. The van der Waals surface area contributed by atoms with Crippen LogP contribution in [0.3, 0.4) is 0 Å². The molecule has 2 aliphatic carbocycles. The lowest BCUT2D eigenvalue weighted by molar-refractivity contribution is -0.142. The molecule has 2 aliphatic rings. The molecule has 2 aromatic heterocycles. The summed E-state index contributed by atoms with van der Waals surface area (Å²) in [5.74, 6) is 0.610. The van der Waals surface area contributed by atoms with Crippen molar-refractivity contribution in [2.75, 3.05) is 24.8 Å². The van der Waals surface area contributed by atoms with E-state index in [9.17, 15) is 9.36 Å². The summed E-state index contributed by atoms with van der Waals surface area (Å²) in [7, 11) is -2.62. The van der Waals surface area contributed by atoms with Gasteiger partial charge >= 0.3 is 13.7 Å². The van der Waals surface area contributed by atoms with Crippen LogP contribution >= 0.6 is 7.75 Å². The first-order valence-electron chi connectivity index (χ1n) is 11.7. The van der Waals surface area contributed by atoms with E-state index in [2.05, 4.69) is 25.4 Å². The zero-order valence-electron chi connectivity index (χ0n) is 20.0. The van der Waals surface area contributed by atoms with Gasteiger partial charge in [-0.15, -0.1) is 0 Å². The van der Waals surface area contributed by atoms with E-state index in [4.69, 9.17) is 19.5 Å². The molecule has 0 spiro atoms. The van der Waals surface area contributed by atoms with Gasteiger partial charge in [-0.3, -0.25) is 13.9 Å². The molecule has 36 heavy (non-hydrogen) atoms. The van der Waals surface area contributed by atoms with E-state index < -0.39 is 19.8 Å². The highest BCUT2D eigenvalue weighted by Gasteiger charge is 2.37. The van der Waals surface area contributed by atoms with Crippen LogP contribution < -0.4 is 20.7 Å². The molecule has 0 aliphatic heterocycles. The molecule has 2 heterocycles. The summed E-state index contributed by atoms with van der Waals surface area (Å²) in [5, 5.41) is 6.00. The molecule has 190 valence electrons. The Kier molecular flexibility index (Phi) is 6.65. The highest BCUT2D eigenvalue weighted by atomic mass is 31.2. The number of ether oxygens (including phenoxy) is 1. The van der Waals surface area contributed by atoms with Gasteiger partial charge in [0.2, 0.25) is 5.95 Å². The first kappa shape index (κ1) is 24.2. The maximum Gasteiger partial charge on any atom is 0.459 e. The Morgan fingerprint density at radius 1 is 1.31 bits per heavy atom. The number of benzene rings is 1. The Bertz CT molecular complexity index is 1340. The number of carbonyl (C=O) groups excluding carboxylic acids is 1. The first-order valence-corrected chi connectivity index (χ1v) is 13.2. The van der Waals surface area contributed by atoms with Crippen LogP contribution in [0, 0.1) is 5.92 Å². The number of esters is 1. The van der Waals surface area contributed by atoms with Gasteiger partial charge in [0.15, 0.2) is 17.0 Å². The number of rotatable bonds is 11. The predicted molar refractivity (Wildman–Crippen MR) is 134 cm³/mol. The Hall–Kier alpha value is -3.47. The van der Waals surface area contributed by atoms with Crippen LogP contribution in [0.4, 0.5) is 11.8 Å². The second-order valence-electron chi connectivity index (χ2n) is 8.85. The van der Waals surface area contributed by atoms with Gasteiger partial charge in [0.25, 0.3) is 0 Å². The molecule has 12 nitrogen and oxygen atoms in total. The van der Waals surface area contributed by atoms with Crippen LogP contribution in [-0.4, -0.2) is 51.3 Å². The number of methoxy groups -OCH3 is 1. The van der Waals surface area contributed by atoms with Gasteiger partial charge in [-0.25, -0.2) is 9.55 Å². The summed E-state index contributed by atoms with van der Waals surface area (Å²) in [4.78, 5) is 25.0. The summed E-state index contributed by atoms with van der Waals surface area (Å²) in [5.41, 5.74) is 8.25. The van der Waals surface area contributed by atoms with Gasteiger partial charge in [-0.05, 0) is 43.9 Å². The number of nitrogens with two attached hydrogens (primary N) is 1. The Labute approximate surface area is 207 Å². The normalized spacial score (nSPS) is 20.6. The quantitative estimate of drug-likeness (QED) is 0.256. The smallest absolute Gasteiger partial charge is 0.459 e. The average Bonchev–Trinajstić information content (AvgIpc) is 3.77. The zero-order chi connectivity index (χ0) is 25.3. The molecular formula is C23H28N7O5P. The molecule has 13 heteroatoms. The van der Waals surface area contributed by atoms with E-state index in [0.29, 0.717) is 28.8 Å². The number of para-hydroxylation sites is 1. The molecule has 0 amide bonds. The van der Waals surface area contributed by atoms with Crippen molar-refractivity contribution < 1.29 is 23.1 Å². The van der Waals surface area contributed by atoms with Crippen LogP contribution in [0.2, 0.25) is 0 Å². The topological polar surface area (TPSA) is 156 Å². The fourth-order valence-corrected chi connectivity index (χ4v) is 5.18. The van der Waals surface area contributed by atoms with Crippen molar-refractivity contribution in [3.8, 4) is 5.75 Å². The molecular weight excluding hydrogens is 485 g/mol. The van der Waals surface area contributed by atoms with Crippen molar-refractivity contribution in [2.24, 2.45) is 5.92 Å². The van der Waals surface area contributed by atoms with Crippen LogP contribution in [0.15, 0.2) is 42.2 Å². The number of carbonyl (C=O) groups is 1. The lowest BCUT2D eigenvalue weighted by atomic mass is 10.3. The minimum atomic E-state index is -3.88. The Balaban J connectivity index is 1.28. The Morgan fingerprint density at radius 3 is 2.81 bits per heavy atom. The van der Waals surface area contributed by atoms with Crippen molar-refractivity contribution in [3.63, 3.8) is 0 Å². The number of hydrogen-bond acceptors (Lipinski definition) is 10. The van der Waals surface area contributed by atoms with E-state index in [-0.39, 0.29) is 18.5 Å². The van der Waals surface area contributed by atoms with Crippen molar-refractivity contribution in [2.45, 2.75) is 38.3 Å². The van der Waals surface area contributed by atoms with E-state index in [1.807, 2.05) is 12.3 Å². The van der Waals surface area contributed by atoms with Gasteiger partial charge in [-0.1, -0.05) is 18.2 Å². The minimum Gasteiger partial charge on any atom is -0.468 e. The standard InChI is InChI=1S/C23H28N7O5P/c1-14(22(31)33-2)29-36(32,35-18-6-4-3-5-7-18)34-12-16-10-15(16)11-30-13-25-19-20(26-17-8-9-17)27-23(24)28-21(19)30/h3-7,11,13-14,16-17H,8-10,12H2,1-2H3,(H,29,32)(H3,24,26,27,28)/b15-11-. The van der Waals surface area contributed by atoms with Gasteiger partial charge in [0, 0.05) is 18.2 Å². The predicted octanol–water partition coefficient (Wildman–Crippen LogP) is 3.20. The van der Waals surface area contributed by atoms with E-state index in [1.165, 1.54) is 14.0 Å². The van der Waals surface area contributed by atoms with E-state index >= 15 is 0 Å². The second-order valence-corrected chi connectivity index (χ2v) is 10.5. The van der Waals surface area contributed by atoms with Gasteiger partial charge in [-0.2, -0.15) is 15.1 Å². The summed E-state index contributed by atoms with van der Waals surface area (Å²) in [6, 6.07) is 8.15. The van der Waals surface area contributed by atoms with Crippen LogP contribution in [0.5, 0.6) is 5.75 Å². The third-order valence-electron chi connectivity index (χ3n) is 5.83. The fraction of sp³-hybridized carbons (Fsp3) is 0.391. The third-order valence-corrected chi connectivity index (χ3v) is 7.47. The molecule has 3 atom stereocenters. The summed E-state index contributed by atoms with van der Waals surface area (Å²) in [6.45, 7) is 1.66. The molecule has 5 rings (SSSR count). The molecule has 1 aromatic carbocycles. The molecule has 3 aromatic rings. The Morgan fingerprint density at radius 2 is 2.08 bits per heavy atom. The lowest BCUT2D eigenvalue weighted by Crippen LogP contribution is -2.34. The summed E-state index contributed by atoms with van der Waals surface area (Å²) < 4.78 is 31.4. The average molecular weight is 513 g/mol. The number of fused-ring (bicyclic) bond motifs is 1. The monoisotopic (exact) mass is 513 g/mol. The number of anilines is 2. The van der Waals surface area contributed by atoms with Crippen LogP contribution in [0.1, 0.15) is 26.2 Å². The largest absolute Gasteiger partial charge is 0.468 e. The molecule has 0 bridgehead atoms. The molecule has 3 unspecified atom stereocenters. The zero-order valence-corrected chi connectivity index (χ0v) is 20.9. The molecule has 4 N–H and O–H groups in total. The van der Waals surface area contributed by atoms with Gasteiger partial charge in [0.1, 0.15) is 18.1 Å². The summed E-state index contributed by atoms with van der Waals surface area (Å²) >= 11 is 0. The van der Waals surface area contributed by atoms with Crippen LogP contribution in [-0.2, 0) is 18.6 Å². The van der Waals surface area contributed by atoms with Crippen molar-refractivity contribution in [3.05, 3.63) is 42.2 Å². The molecule has 0 saturated heterocycles. The first-order chi connectivity index (χ1) is 17.3. The molecule has 0 radical (unpaired) electrons. The van der Waals surface area contributed by atoms with E-state index in [1.54, 1.807) is 35.2 Å². The number of aromatic nitrogens is 4. The number of nitrogens with one attached hydrogen (secondary N) is 2. The minimum absolute atomic E-state index is 0.0219. The number of nitrogens with zero attached hydrogens (tertiary/aromatic N) is 4. The number of hydrogen-bond donors (Lipinski definition) is 3. The maximum atomic E-state index is 13.5. The van der Waals surface area contributed by atoms with Gasteiger partial charge < -0.3 is 20.3 Å². The highest BCUT2D eigenvalue weighted by Crippen LogP contribution is 2.48. The third kappa shape index (κ3) is 5.67. The lowest BCUT2D eigenvalue weighted by Gasteiger charge is -2.22.